The topological polar surface area (TPSA) is 78.5 Å². The monoisotopic (exact) mass is 436 g/mol. The number of nitrogens with one attached hydrogen (secondary N) is 1. The molecule has 0 bridgehead atoms. The van der Waals surface area contributed by atoms with Crippen LogP contribution in [0.5, 0.6) is 5.75 Å². The number of nitrogens with zero attached hydrogens (tertiary/aromatic N) is 3. The summed E-state index contributed by atoms with van der Waals surface area (Å²) in [5.74, 6) is 2.26. The molecule has 5 rings (SSSR count). The van der Waals surface area contributed by atoms with Gasteiger partial charge in [0.2, 0.25) is 5.91 Å². The average molecular weight is 437 g/mol. The van der Waals surface area contributed by atoms with Crippen molar-refractivity contribution in [2.24, 2.45) is 5.92 Å². The van der Waals surface area contributed by atoms with Crippen molar-refractivity contribution < 1.29 is 9.53 Å². The van der Waals surface area contributed by atoms with Crippen LogP contribution in [0.15, 0.2) is 29.1 Å². The van der Waals surface area contributed by atoms with Gasteiger partial charge >= 0.3 is 0 Å². The molecule has 0 spiro atoms. The van der Waals surface area contributed by atoms with Gasteiger partial charge in [-0.1, -0.05) is 25.0 Å². The van der Waals surface area contributed by atoms with Crippen LogP contribution in [0.2, 0.25) is 0 Å². The van der Waals surface area contributed by atoms with Crippen molar-refractivity contribution in [3.8, 4) is 5.75 Å². The summed E-state index contributed by atoms with van der Waals surface area (Å²) >= 11 is 0. The summed E-state index contributed by atoms with van der Waals surface area (Å²) in [6, 6.07) is 8.07. The van der Waals surface area contributed by atoms with Gasteiger partial charge in [-0.25, -0.2) is 4.98 Å². The predicted molar refractivity (Wildman–Crippen MR) is 122 cm³/mol. The maximum atomic E-state index is 12.9. The number of H-pyrrole nitrogens is 1. The molecule has 7 nitrogen and oxygen atoms in total. The first-order chi connectivity index (χ1) is 15.6. The number of rotatable bonds is 5. The summed E-state index contributed by atoms with van der Waals surface area (Å²) in [7, 11) is 1.67. The number of hydrogen-bond donors (Lipinski definition) is 1. The molecule has 2 aromatic rings. The van der Waals surface area contributed by atoms with E-state index < -0.39 is 0 Å². The van der Waals surface area contributed by atoms with E-state index in [4.69, 9.17) is 9.72 Å². The summed E-state index contributed by atoms with van der Waals surface area (Å²) in [4.78, 5) is 37.9. The van der Waals surface area contributed by atoms with E-state index in [-0.39, 0.29) is 17.4 Å². The first-order valence-corrected chi connectivity index (χ1v) is 11.9. The smallest absolute Gasteiger partial charge is 0.255 e. The predicted octanol–water partition coefficient (Wildman–Crippen LogP) is 2.84. The zero-order valence-electron chi connectivity index (χ0n) is 18.8. The number of benzene rings is 1. The van der Waals surface area contributed by atoms with Crippen molar-refractivity contribution in [3.63, 3.8) is 0 Å². The average Bonchev–Trinajstić information content (AvgIpc) is 3.52. The normalized spacial score (nSPS) is 21.7. The van der Waals surface area contributed by atoms with Crippen LogP contribution in [0.1, 0.15) is 60.7 Å². The molecule has 170 valence electrons. The molecule has 32 heavy (non-hydrogen) atoms. The van der Waals surface area contributed by atoms with Crippen molar-refractivity contribution in [1.29, 1.82) is 0 Å². The highest BCUT2D eigenvalue weighted by molar-refractivity contribution is 5.79. The lowest BCUT2D eigenvalue weighted by atomic mass is 10.0. The number of aromatic nitrogens is 2. The number of aromatic amines is 1. The van der Waals surface area contributed by atoms with Crippen molar-refractivity contribution >= 4 is 5.91 Å². The fourth-order valence-corrected chi connectivity index (χ4v) is 5.43. The minimum Gasteiger partial charge on any atom is -0.497 e. The lowest BCUT2D eigenvalue weighted by Gasteiger charge is -2.28. The number of hydrogen-bond acceptors (Lipinski definition) is 5. The van der Waals surface area contributed by atoms with E-state index in [1.165, 1.54) is 18.4 Å². The molecule has 2 aliphatic heterocycles. The fourth-order valence-electron chi connectivity index (χ4n) is 5.43. The number of carbonyl (C=O) groups is 1. The second kappa shape index (κ2) is 9.06. The third kappa shape index (κ3) is 4.31. The molecule has 0 radical (unpaired) electrons. The first-order valence-electron chi connectivity index (χ1n) is 11.9. The Kier molecular flexibility index (Phi) is 6.00. The quantitative estimate of drug-likeness (QED) is 0.780. The molecule has 1 saturated heterocycles. The molecule has 2 fully saturated rings. The third-order valence-electron chi connectivity index (χ3n) is 7.32. The lowest BCUT2D eigenvalue weighted by molar-refractivity contribution is -0.134. The van der Waals surface area contributed by atoms with Crippen LogP contribution in [0.4, 0.5) is 0 Å². The SMILES string of the molecule is COc1ccc(CN2CCc3nc([C@@H]4CCN(C(=O)C5CCCC5)C4)[nH]c(=O)c3C2)cc1. The van der Waals surface area contributed by atoms with Gasteiger partial charge in [0.05, 0.1) is 18.4 Å². The summed E-state index contributed by atoms with van der Waals surface area (Å²) in [6.45, 7) is 3.75. The molecule has 1 saturated carbocycles. The van der Waals surface area contributed by atoms with E-state index in [0.29, 0.717) is 19.0 Å². The number of likely N-dealkylation sites (tertiary alicyclic amines) is 1. The number of methoxy groups -OCH3 is 1. The van der Waals surface area contributed by atoms with E-state index >= 15 is 0 Å². The number of amides is 1. The summed E-state index contributed by atoms with van der Waals surface area (Å²) < 4.78 is 5.23. The standard InChI is InChI=1S/C25H32N4O3/c1-32-20-8-6-17(7-9-20)14-28-12-11-22-21(16-28)24(30)27-23(26-22)19-10-13-29(15-19)25(31)18-4-2-3-5-18/h6-9,18-19H,2-5,10-16H2,1H3,(H,26,27,30)/t19-/m1/s1. The van der Waals surface area contributed by atoms with Gasteiger partial charge in [0.1, 0.15) is 11.6 Å². The number of carbonyl (C=O) groups excluding carboxylic acids is 1. The molecule has 1 atom stereocenters. The Bertz CT molecular complexity index is 1030. The van der Waals surface area contributed by atoms with Gasteiger partial charge in [-0.2, -0.15) is 0 Å². The van der Waals surface area contributed by atoms with Crippen LogP contribution >= 0.6 is 0 Å². The van der Waals surface area contributed by atoms with Crippen molar-refractivity contribution in [2.45, 2.75) is 57.5 Å². The molecule has 1 aromatic carbocycles. The Balaban J connectivity index is 1.25. The van der Waals surface area contributed by atoms with Gasteiger partial charge < -0.3 is 14.6 Å². The third-order valence-corrected chi connectivity index (χ3v) is 7.32. The molecule has 1 aromatic heterocycles. The van der Waals surface area contributed by atoms with Crippen LogP contribution in [0.3, 0.4) is 0 Å². The molecular weight excluding hydrogens is 404 g/mol. The van der Waals surface area contributed by atoms with E-state index in [1.807, 2.05) is 17.0 Å². The van der Waals surface area contributed by atoms with E-state index in [1.54, 1.807) is 7.11 Å². The molecule has 1 aliphatic carbocycles. The minimum atomic E-state index is -0.0231. The molecular formula is C25H32N4O3. The Morgan fingerprint density at radius 1 is 1.16 bits per heavy atom. The van der Waals surface area contributed by atoms with Crippen LogP contribution in [-0.4, -0.2) is 52.4 Å². The van der Waals surface area contributed by atoms with Crippen molar-refractivity contribution in [3.05, 3.63) is 57.3 Å². The number of fused-ring (bicyclic) bond motifs is 1. The Hall–Kier alpha value is -2.67. The van der Waals surface area contributed by atoms with Crippen LogP contribution in [-0.2, 0) is 24.3 Å². The minimum absolute atomic E-state index is 0.0231. The molecule has 3 heterocycles. The molecule has 0 unspecified atom stereocenters. The van der Waals surface area contributed by atoms with Gasteiger partial charge in [0, 0.05) is 51.0 Å². The number of ether oxygens (including phenoxy) is 1. The van der Waals surface area contributed by atoms with E-state index in [9.17, 15) is 9.59 Å². The van der Waals surface area contributed by atoms with Crippen LogP contribution < -0.4 is 10.3 Å². The summed E-state index contributed by atoms with van der Waals surface area (Å²) in [5, 5.41) is 0. The van der Waals surface area contributed by atoms with Crippen LogP contribution in [0, 0.1) is 5.92 Å². The molecule has 1 amide bonds. The zero-order valence-corrected chi connectivity index (χ0v) is 18.8. The first kappa shape index (κ1) is 21.2. The van der Waals surface area contributed by atoms with E-state index in [0.717, 1.165) is 68.1 Å². The van der Waals surface area contributed by atoms with Crippen molar-refractivity contribution in [1.82, 2.24) is 19.8 Å². The highest BCUT2D eigenvalue weighted by Gasteiger charge is 2.34. The zero-order chi connectivity index (χ0) is 22.1. The fraction of sp³-hybridized carbons (Fsp3) is 0.560. The van der Waals surface area contributed by atoms with Crippen molar-refractivity contribution in [2.75, 3.05) is 26.7 Å². The maximum absolute atomic E-state index is 12.9. The molecule has 7 heteroatoms. The van der Waals surface area contributed by atoms with Gasteiger partial charge in [-0.15, -0.1) is 0 Å². The van der Waals surface area contributed by atoms with Gasteiger partial charge in [-0.3, -0.25) is 14.5 Å². The van der Waals surface area contributed by atoms with Crippen LogP contribution in [0.25, 0.3) is 0 Å². The Morgan fingerprint density at radius 3 is 2.69 bits per heavy atom. The van der Waals surface area contributed by atoms with Gasteiger partial charge in [0.15, 0.2) is 0 Å². The highest BCUT2D eigenvalue weighted by Crippen LogP contribution is 2.31. The second-order valence-corrected chi connectivity index (χ2v) is 9.44. The summed E-state index contributed by atoms with van der Waals surface area (Å²) in [6.07, 6.45) is 6.05. The Labute approximate surface area is 188 Å². The highest BCUT2D eigenvalue weighted by atomic mass is 16.5. The lowest BCUT2D eigenvalue weighted by Crippen LogP contribution is -2.36. The largest absolute Gasteiger partial charge is 0.497 e. The summed E-state index contributed by atoms with van der Waals surface area (Å²) in [5.41, 5.74) is 2.89. The molecule has 3 aliphatic rings. The molecule has 1 N–H and O–H groups in total. The Morgan fingerprint density at radius 2 is 1.94 bits per heavy atom. The maximum Gasteiger partial charge on any atom is 0.255 e. The second-order valence-electron chi connectivity index (χ2n) is 9.44. The van der Waals surface area contributed by atoms with Gasteiger partial charge in [-0.05, 0) is 37.0 Å². The van der Waals surface area contributed by atoms with E-state index in [2.05, 4.69) is 22.0 Å². The van der Waals surface area contributed by atoms with Gasteiger partial charge in [0.25, 0.3) is 5.56 Å².